The van der Waals surface area contributed by atoms with Gasteiger partial charge in [0.15, 0.2) is 0 Å². The highest BCUT2D eigenvalue weighted by molar-refractivity contribution is 9.10. The first-order chi connectivity index (χ1) is 15.0. The Morgan fingerprint density at radius 3 is 2.25 bits per heavy atom. The first-order valence-electron chi connectivity index (χ1n) is 9.06. The van der Waals surface area contributed by atoms with E-state index in [9.17, 15) is 21.6 Å². The van der Waals surface area contributed by atoms with Crippen LogP contribution in [0.5, 0.6) is 5.75 Å². The van der Waals surface area contributed by atoms with Gasteiger partial charge in [-0.3, -0.25) is 0 Å². The zero-order valence-corrected chi connectivity index (χ0v) is 19.3. The van der Waals surface area contributed by atoms with E-state index in [1.165, 1.54) is 29.6 Å². The van der Waals surface area contributed by atoms with Gasteiger partial charge in [0.1, 0.15) is 5.75 Å². The average Bonchev–Trinajstić information content (AvgIpc) is 2.75. The number of methoxy groups -OCH3 is 1. The summed E-state index contributed by atoms with van der Waals surface area (Å²) in [6, 6.07) is 11.3. The van der Waals surface area contributed by atoms with Crippen molar-refractivity contribution >= 4 is 37.6 Å². The molecule has 32 heavy (non-hydrogen) atoms. The molecule has 0 aliphatic rings. The molecule has 0 fully saturated rings. The highest BCUT2D eigenvalue weighted by Crippen LogP contribution is 2.31. The number of hydrogen-bond donors (Lipinski definition) is 1. The van der Waals surface area contributed by atoms with Crippen LogP contribution in [0.25, 0.3) is 0 Å². The number of rotatable bonds is 7. The Morgan fingerprint density at radius 1 is 1.09 bits per heavy atom. The number of aromatic nitrogens is 2. The van der Waals surface area contributed by atoms with Crippen molar-refractivity contribution < 1.29 is 26.3 Å². The molecule has 3 aromatic rings. The number of sulfonamides is 1. The SMILES string of the molecule is COc1ccc(CN(C)S(=O)(=O)c2ccc(Nc3ncc(C(F)(F)F)cn3)c(Br)c2)cc1. The van der Waals surface area contributed by atoms with Crippen LogP contribution < -0.4 is 10.1 Å². The summed E-state index contributed by atoms with van der Waals surface area (Å²) in [6.45, 7) is 0.156. The normalized spacial score (nSPS) is 12.1. The number of nitrogens with zero attached hydrogens (tertiary/aromatic N) is 3. The van der Waals surface area contributed by atoms with Crippen LogP contribution in [0.4, 0.5) is 24.8 Å². The van der Waals surface area contributed by atoms with Gasteiger partial charge in [-0.15, -0.1) is 0 Å². The maximum atomic E-state index is 12.9. The summed E-state index contributed by atoms with van der Waals surface area (Å²) in [7, 11) is -0.784. The van der Waals surface area contributed by atoms with E-state index in [4.69, 9.17) is 4.74 Å². The summed E-state index contributed by atoms with van der Waals surface area (Å²) in [5.41, 5.74) is 0.207. The third-order valence-electron chi connectivity index (χ3n) is 4.44. The van der Waals surface area contributed by atoms with Crippen LogP contribution in [0.15, 0.2) is 64.2 Å². The van der Waals surface area contributed by atoms with Crippen LogP contribution in [0.2, 0.25) is 0 Å². The van der Waals surface area contributed by atoms with Gasteiger partial charge < -0.3 is 10.1 Å². The lowest BCUT2D eigenvalue weighted by molar-refractivity contribution is -0.138. The van der Waals surface area contributed by atoms with Crippen molar-refractivity contribution in [3.8, 4) is 5.75 Å². The van der Waals surface area contributed by atoms with Crippen LogP contribution in [0.3, 0.4) is 0 Å². The molecule has 2 aromatic carbocycles. The molecule has 0 amide bonds. The monoisotopic (exact) mass is 530 g/mol. The van der Waals surface area contributed by atoms with Gasteiger partial charge in [0.2, 0.25) is 16.0 Å². The smallest absolute Gasteiger partial charge is 0.419 e. The van der Waals surface area contributed by atoms with E-state index in [2.05, 4.69) is 31.2 Å². The Bertz CT molecular complexity index is 1190. The molecule has 0 unspecified atom stereocenters. The van der Waals surface area contributed by atoms with Crippen LogP contribution in [0, 0.1) is 0 Å². The molecule has 0 spiro atoms. The molecule has 3 rings (SSSR count). The third kappa shape index (κ3) is 5.56. The summed E-state index contributed by atoms with van der Waals surface area (Å²) >= 11 is 3.28. The Hall–Kier alpha value is -2.70. The molecule has 1 heterocycles. The Kier molecular flexibility index (Phi) is 7.06. The van der Waals surface area contributed by atoms with Crippen LogP contribution in [-0.4, -0.2) is 36.8 Å². The Labute approximate surface area is 191 Å². The van der Waals surface area contributed by atoms with Gasteiger partial charge in [-0.2, -0.15) is 17.5 Å². The molecule has 0 radical (unpaired) electrons. The molecule has 0 saturated heterocycles. The quantitative estimate of drug-likeness (QED) is 0.470. The molecule has 1 aromatic heterocycles. The zero-order chi connectivity index (χ0) is 23.5. The summed E-state index contributed by atoms with van der Waals surface area (Å²) in [4.78, 5) is 7.32. The van der Waals surface area contributed by atoms with E-state index < -0.39 is 21.8 Å². The van der Waals surface area contributed by atoms with E-state index in [1.54, 1.807) is 31.4 Å². The van der Waals surface area contributed by atoms with Gasteiger partial charge in [-0.1, -0.05) is 12.1 Å². The number of ether oxygens (including phenoxy) is 1. The molecule has 0 aliphatic carbocycles. The van der Waals surface area contributed by atoms with Gasteiger partial charge in [0.05, 0.1) is 23.3 Å². The van der Waals surface area contributed by atoms with Crippen molar-refractivity contribution in [1.29, 1.82) is 0 Å². The molecule has 0 bridgehead atoms. The predicted octanol–water partition coefficient (Wildman–Crippen LogP) is 4.83. The lowest BCUT2D eigenvalue weighted by Gasteiger charge is -2.18. The fourth-order valence-electron chi connectivity index (χ4n) is 2.67. The molecule has 7 nitrogen and oxygen atoms in total. The second-order valence-corrected chi connectivity index (χ2v) is 9.57. The first kappa shape index (κ1) is 24.0. The van der Waals surface area contributed by atoms with Gasteiger partial charge in [-0.25, -0.2) is 18.4 Å². The minimum atomic E-state index is -4.53. The maximum absolute atomic E-state index is 12.9. The van der Waals surface area contributed by atoms with Crippen LogP contribution in [0.1, 0.15) is 11.1 Å². The van der Waals surface area contributed by atoms with Crippen molar-refractivity contribution in [2.45, 2.75) is 17.6 Å². The van der Waals surface area contributed by atoms with Gasteiger partial charge in [0, 0.05) is 30.5 Å². The minimum Gasteiger partial charge on any atom is -0.497 e. The van der Waals surface area contributed by atoms with Crippen molar-refractivity contribution in [1.82, 2.24) is 14.3 Å². The Balaban J connectivity index is 1.75. The van der Waals surface area contributed by atoms with E-state index in [-0.39, 0.29) is 17.4 Å². The van der Waals surface area contributed by atoms with E-state index >= 15 is 0 Å². The fourth-order valence-corrected chi connectivity index (χ4v) is 4.49. The highest BCUT2D eigenvalue weighted by Gasteiger charge is 2.31. The van der Waals surface area contributed by atoms with Crippen LogP contribution >= 0.6 is 15.9 Å². The number of alkyl halides is 3. The van der Waals surface area contributed by atoms with Gasteiger partial charge in [0.25, 0.3) is 0 Å². The van der Waals surface area contributed by atoms with Gasteiger partial charge in [-0.05, 0) is 51.8 Å². The number of nitrogens with one attached hydrogen (secondary N) is 1. The summed E-state index contributed by atoms with van der Waals surface area (Å²) in [5, 5.41) is 2.75. The molecular weight excluding hydrogens is 513 g/mol. The molecule has 170 valence electrons. The fraction of sp³-hybridized carbons (Fsp3) is 0.200. The summed E-state index contributed by atoms with van der Waals surface area (Å²) in [6.07, 6.45) is -3.21. The molecular formula is C20H18BrF3N4O3S. The molecule has 0 saturated carbocycles. The molecule has 1 N–H and O–H groups in total. The Morgan fingerprint density at radius 2 is 1.72 bits per heavy atom. The van der Waals surface area contributed by atoms with Crippen molar-refractivity contribution in [3.63, 3.8) is 0 Å². The standard InChI is InChI=1S/C20H18BrF3N4O3S/c1-28(12-13-3-5-15(31-2)6-4-13)32(29,30)16-7-8-18(17(21)9-16)27-19-25-10-14(11-26-19)20(22,23)24/h3-11H,12H2,1-2H3,(H,25,26,27). The number of halogens is 4. The van der Waals surface area contributed by atoms with E-state index in [0.717, 1.165) is 5.56 Å². The second kappa shape index (κ2) is 9.43. The summed E-state index contributed by atoms with van der Waals surface area (Å²) < 4.78 is 70.5. The number of hydrogen-bond acceptors (Lipinski definition) is 6. The third-order valence-corrected chi connectivity index (χ3v) is 6.89. The average molecular weight is 531 g/mol. The second-order valence-electron chi connectivity index (χ2n) is 6.67. The molecule has 0 aliphatic heterocycles. The van der Waals surface area contributed by atoms with E-state index in [0.29, 0.717) is 28.3 Å². The lowest BCUT2D eigenvalue weighted by Crippen LogP contribution is -2.26. The first-order valence-corrected chi connectivity index (χ1v) is 11.3. The predicted molar refractivity (Wildman–Crippen MR) is 116 cm³/mol. The lowest BCUT2D eigenvalue weighted by atomic mass is 10.2. The molecule has 0 atom stereocenters. The molecule has 12 heteroatoms. The topological polar surface area (TPSA) is 84.4 Å². The van der Waals surface area contributed by atoms with Crippen molar-refractivity contribution in [3.05, 3.63) is 70.5 Å². The van der Waals surface area contributed by atoms with Crippen molar-refractivity contribution in [2.75, 3.05) is 19.5 Å². The van der Waals surface area contributed by atoms with Gasteiger partial charge >= 0.3 is 6.18 Å². The van der Waals surface area contributed by atoms with Crippen LogP contribution in [-0.2, 0) is 22.7 Å². The minimum absolute atomic E-state index is 0.0410. The summed E-state index contributed by atoms with van der Waals surface area (Å²) in [5.74, 6) is 0.606. The largest absolute Gasteiger partial charge is 0.497 e. The zero-order valence-electron chi connectivity index (χ0n) is 16.9. The number of anilines is 2. The number of benzene rings is 2. The maximum Gasteiger partial charge on any atom is 0.419 e. The highest BCUT2D eigenvalue weighted by atomic mass is 79.9. The van der Waals surface area contributed by atoms with E-state index in [1.807, 2.05) is 0 Å². The van der Waals surface area contributed by atoms with Crippen molar-refractivity contribution in [2.24, 2.45) is 0 Å².